The van der Waals surface area contributed by atoms with Crippen molar-refractivity contribution >= 4 is 5.91 Å². The Morgan fingerprint density at radius 3 is 2.88 bits per heavy atom. The Hall–Kier alpha value is -1.35. The highest BCUT2D eigenvalue weighted by Gasteiger charge is 2.23. The van der Waals surface area contributed by atoms with Crippen molar-refractivity contribution in [2.75, 3.05) is 20.1 Å². The van der Waals surface area contributed by atoms with E-state index in [9.17, 15) is 4.79 Å². The maximum absolute atomic E-state index is 12.1. The molecule has 0 radical (unpaired) electrons. The van der Waals surface area contributed by atoms with Crippen molar-refractivity contribution in [1.29, 1.82) is 0 Å². The Balaban J connectivity index is 1.99. The van der Waals surface area contributed by atoms with Crippen LogP contribution in [0.2, 0.25) is 0 Å². The molecule has 1 atom stereocenters. The third-order valence-electron chi connectivity index (χ3n) is 3.58. The van der Waals surface area contributed by atoms with Gasteiger partial charge in [0.2, 0.25) is 5.91 Å². The van der Waals surface area contributed by atoms with E-state index in [-0.39, 0.29) is 5.91 Å². The molecule has 0 unspecified atom stereocenters. The lowest BCUT2D eigenvalue weighted by atomic mass is 10.0. The molecular weight excluding hydrogens is 212 g/mol. The van der Waals surface area contributed by atoms with E-state index >= 15 is 0 Å². The molecule has 17 heavy (non-hydrogen) atoms. The predicted octanol–water partition coefficient (Wildman–Crippen LogP) is 1.36. The molecule has 1 fully saturated rings. The van der Waals surface area contributed by atoms with Gasteiger partial charge in [-0.15, -0.1) is 0 Å². The Morgan fingerprint density at radius 1 is 1.47 bits per heavy atom. The molecule has 1 saturated heterocycles. The van der Waals surface area contributed by atoms with Gasteiger partial charge in [0.25, 0.3) is 0 Å². The third-order valence-corrected chi connectivity index (χ3v) is 3.58. The average molecular weight is 232 g/mol. The highest BCUT2D eigenvalue weighted by Crippen LogP contribution is 2.12. The molecule has 0 spiro atoms. The Morgan fingerprint density at radius 2 is 2.24 bits per heavy atom. The van der Waals surface area contributed by atoms with Crippen molar-refractivity contribution in [2.24, 2.45) is 0 Å². The Labute approximate surface area is 103 Å². The van der Waals surface area contributed by atoms with E-state index in [1.807, 2.05) is 30.1 Å². The van der Waals surface area contributed by atoms with Gasteiger partial charge in [0, 0.05) is 19.6 Å². The van der Waals surface area contributed by atoms with Crippen LogP contribution >= 0.6 is 0 Å². The van der Waals surface area contributed by atoms with E-state index in [0.29, 0.717) is 12.5 Å². The van der Waals surface area contributed by atoms with Crippen molar-refractivity contribution in [3.63, 3.8) is 0 Å². The zero-order chi connectivity index (χ0) is 12.3. The molecule has 1 aliphatic heterocycles. The lowest BCUT2D eigenvalue weighted by Crippen LogP contribution is -2.39. The summed E-state index contributed by atoms with van der Waals surface area (Å²) in [6.07, 6.45) is 1.58. The molecule has 3 nitrogen and oxygen atoms in total. The first-order valence-electron chi connectivity index (χ1n) is 6.19. The zero-order valence-electron chi connectivity index (χ0n) is 10.6. The second-order valence-electron chi connectivity index (χ2n) is 4.75. The second-order valence-corrected chi connectivity index (χ2v) is 4.75. The van der Waals surface area contributed by atoms with Gasteiger partial charge in [0.15, 0.2) is 0 Å². The molecule has 1 heterocycles. The Bertz CT molecular complexity index is 397. The summed E-state index contributed by atoms with van der Waals surface area (Å²) in [7, 11) is 1.91. The van der Waals surface area contributed by atoms with Crippen LogP contribution in [-0.2, 0) is 11.2 Å². The summed E-state index contributed by atoms with van der Waals surface area (Å²) in [5, 5.41) is 3.29. The van der Waals surface area contributed by atoms with Crippen LogP contribution in [0.25, 0.3) is 0 Å². The van der Waals surface area contributed by atoms with E-state index in [1.54, 1.807) is 0 Å². The van der Waals surface area contributed by atoms with Gasteiger partial charge in [-0.25, -0.2) is 0 Å². The molecule has 1 N–H and O–H groups in total. The fraction of sp³-hybridized carbons (Fsp3) is 0.500. The minimum atomic E-state index is 0.216. The molecule has 3 heteroatoms. The molecule has 92 valence electrons. The molecule has 0 aromatic heterocycles. The van der Waals surface area contributed by atoms with Gasteiger partial charge in [-0.3, -0.25) is 4.79 Å². The number of hydrogen-bond acceptors (Lipinski definition) is 2. The molecule has 1 aromatic rings. The first kappa shape index (κ1) is 12.1. The second kappa shape index (κ2) is 5.32. The number of likely N-dealkylation sites (N-methyl/N-ethyl adjacent to an activating group) is 1. The first-order chi connectivity index (χ1) is 8.18. The molecule has 0 saturated carbocycles. The van der Waals surface area contributed by atoms with E-state index < -0.39 is 0 Å². The maximum Gasteiger partial charge on any atom is 0.227 e. The highest BCUT2D eigenvalue weighted by molar-refractivity contribution is 5.79. The van der Waals surface area contributed by atoms with E-state index in [2.05, 4.69) is 18.3 Å². The van der Waals surface area contributed by atoms with Crippen LogP contribution in [0.15, 0.2) is 24.3 Å². The van der Waals surface area contributed by atoms with Crippen LogP contribution in [-0.4, -0.2) is 37.0 Å². The van der Waals surface area contributed by atoms with Gasteiger partial charge >= 0.3 is 0 Å². The van der Waals surface area contributed by atoms with E-state index in [1.165, 1.54) is 5.56 Å². The van der Waals surface area contributed by atoms with Crippen molar-refractivity contribution in [3.05, 3.63) is 35.4 Å². The number of rotatable bonds is 3. The smallest absolute Gasteiger partial charge is 0.227 e. The third kappa shape index (κ3) is 2.86. The quantitative estimate of drug-likeness (QED) is 0.853. The van der Waals surface area contributed by atoms with Crippen LogP contribution < -0.4 is 5.32 Å². The van der Waals surface area contributed by atoms with E-state index in [0.717, 1.165) is 25.1 Å². The monoisotopic (exact) mass is 232 g/mol. The topological polar surface area (TPSA) is 32.3 Å². The molecule has 0 aliphatic carbocycles. The summed E-state index contributed by atoms with van der Waals surface area (Å²) in [6.45, 7) is 4.00. The SMILES string of the molecule is Cc1ccccc1CC(=O)N(C)[C@@H]1CCNC1. The van der Waals surface area contributed by atoms with Gasteiger partial charge < -0.3 is 10.2 Å². The average Bonchev–Trinajstić information content (AvgIpc) is 2.84. The molecule has 1 amide bonds. The van der Waals surface area contributed by atoms with Crippen LogP contribution in [0.3, 0.4) is 0 Å². The Kier molecular flexibility index (Phi) is 3.79. The molecule has 1 aromatic carbocycles. The number of amides is 1. The first-order valence-corrected chi connectivity index (χ1v) is 6.19. The van der Waals surface area contributed by atoms with Crippen LogP contribution in [0, 0.1) is 6.92 Å². The number of carbonyl (C=O) groups excluding carboxylic acids is 1. The summed E-state index contributed by atoms with van der Waals surface area (Å²) in [5.41, 5.74) is 2.33. The molecular formula is C14H20N2O. The predicted molar refractivity (Wildman–Crippen MR) is 68.9 cm³/mol. The zero-order valence-corrected chi connectivity index (χ0v) is 10.6. The molecule has 0 bridgehead atoms. The summed E-state index contributed by atoms with van der Waals surface area (Å²) in [5.74, 6) is 0.216. The summed E-state index contributed by atoms with van der Waals surface area (Å²) in [4.78, 5) is 14.0. The number of benzene rings is 1. The van der Waals surface area contributed by atoms with Gasteiger partial charge in [-0.05, 0) is 31.0 Å². The largest absolute Gasteiger partial charge is 0.341 e. The summed E-state index contributed by atoms with van der Waals surface area (Å²) >= 11 is 0. The van der Waals surface area contributed by atoms with E-state index in [4.69, 9.17) is 0 Å². The van der Waals surface area contributed by atoms with Gasteiger partial charge in [-0.1, -0.05) is 24.3 Å². The number of hydrogen-bond donors (Lipinski definition) is 1. The lowest BCUT2D eigenvalue weighted by Gasteiger charge is -2.24. The van der Waals surface area contributed by atoms with Crippen LogP contribution in [0.5, 0.6) is 0 Å². The van der Waals surface area contributed by atoms with Crippen LogP contribution in [0.4, 0.5) is 0 Å². The molecule has 1 aliphatic rings. The van der Waals surface area contributed by atoms with Crippen molar-refractivity contribution in [3.8, 4) is 0 Å². The van der Waals surface area contributed by atoms with Gasteiger partial charge in [-0.2, -0.15) is 0 Å². The number of nitrogens with zero attached hydrogens (tertiary/aromatic N) is 1. The van der Waals surface area contributed by atoms with Crippen molar-refractivity contribution < 1.29 is 4.79 Å². The number of aryl methyl sites for hydroxylation is 1. The number of carbonyl (C=O) groups is 1. The minimum absolute atomic E-state index is 0.216. The summed E-state index contributed by atoms with van der Waals surface area (Å²) < 4.78 is 0. The van der Waals surface area contributed by atoms with Gasteiger partial charge in [0.1, 0.15) is 0 Å². The van der Waals surface area contributed by atoms with Crippen molar-refractivity contribution in [2.45, 2.75) is 25.8 Å². The number of nitrogens with one attached hydrogen (secondary N) is 1. The lowest BCUT2D eigenvalue weighted by molar-refractivity contribution is -0.130. The fourth-order valence-corrected chi connectivity index (χ4v) is 2.27. The van der Waals surface area contributed by atoms with Crippen molar-refractivity contribution in [1.82, 2.24) is 10.2 Å². The minimum Gasteiger partial charge on any atom is -0.341 e. The summed E-state index contributed by atoms with van der Waals surface area (Å²) in [6, 6.07) is 8.46. The van der Waals surface area contributed by atoms with Gasteiger partial charge in [0.05, 0.1) is 6.42 Å². The fourth-order valence-electron chi connectivity index (χ4n) is 2.27. The molecule has 2 rings (SSSR count). The maximum atomic E-state index is 12.1. The normalized spacial score (nSPS) is 19.3. The standard InChI is InChI=1S/C14H20N2O/c1-11-5-3-4-6-12(11)9-14(17)16(2)13-7-8-15-10-13/h3-6,13,15H,7-10H2,1-2H3/t13-/m1/s1. The highest BCUT2D eigenvalue weighted by atomic mass is 16.2. The van der Waals surface area contributed by atoms with Crippen LogP contribution in [0.1, 0.15) is 17.5 Å².